The molecule has 37 heavy (non-hydrogen) atoms. The summed E-state index contributed by atoms with van der Waals surface area (Å²) >= 11 is 6.89. The van der Waals surface area contributed by atoms with Gasteiger partial charge >= 0.3 is 5.97 Å². The van der Waals surface area contributed by atoms with Gasteiger partial charge in [0.15, 0.2) is 17.2 Å². The van der Waals surface area contributed by atoms with Crippen LogP contribution in [0.1, 0.15) is 21.7 Å². The van der Waals surface area contributed by atoms with E-state index in [1.807, 2.05) is 6.07 Å². The largest absolute Gasteiger partial charge is 0.493 e. The van der Waals surface area contributed by atoms with E-state index in [9.17, 15) is 9.59 Å². The van der Waals surface area contributed by atoms with Gasteiger partial charge in [0.05, 0.1) is 48.5 Å². The number of aromatic nitrogens is 2. The summed E-state index contributed by atoms with van der Waals surface area (Å²) in [6.07, 6.45) is 1.43. The molecule has 1 aromatic heterocycles. The zero-order valence-electron chi connectivity index (χ0n) is 20.2. The Hall–Kier alpha value is -3.70. The third-order valence-corrected chi connectivity index (χ3v) is 6.41. The Balaban J connectivity index is 1.74. The van der Waals surface area contributed by atoms with Crippen LogP contribution in [-0.4, -0.2) is 43.2 Å². The Kier molecular flexibility index (Phi) is 7.94. The molecule has 0 radical (unpaired) electrons. The number of rotatable bonds is 7. The number of hydrogen-bond donors (Lipinski definition) is 0. The second-order valence-corrected chi connectivity index (χ2v) is 9.42. The monoisotopic (exact) mass is 629 g/mol. The minimum Gasteiger partial charge on any atom is -0.493 e. The first-order valence-electron chi connectivity index (χ1n) is 10.8. The number of para-hydroxylation sites is 1. The van der Waals surface area contributed by atoms with Gasteiger partial charge in [-0.3, -0.25) is 4.79 Å². The van der Waals surface area contributed by atoms with E-state index in [2.05, 4.69) is 41.9 Å². The minimum atomic E-state index is -0.669. The molecule has 0 atom stereocenters. The van der Waals surface area contributed by atoms with E-state index in [4.69, 9.17) is 18.9 Å². The van der Waals surface area contributed by atoms with Crippen molar-refractivity contribution < 1.29 is 23.7 Å². The van der Waals surface area contributed by atoms with Crippen molar-refractivity contribution >= 4 is 54.9 Å². The van der Waals surface area contributed by atoms with E-state index >= 15 is 0 Å². The molecule has 0 spiro atoms. The molecule has 3 aromatic carbocycles. The molecule has 0 N–H and O–H groups in total. The summed E-state index contributed by atoms with van der Waals surface area (Å²) in [5.74, 6) is 0.907. The second kappa shape index (κ2) is 11.1. The van der Waals surface area contributed by atoms with Crippen LogP contribution in [0.4, 0.5) is 0 Å². The van der Waals surface area contributed by atoms with Gasteiger partial charge in [-0.2, -0.15) is 9.78 Å². The number of benzene rings is 3. The molecule has 0 aliphatic heterocycles. The fraction of sp³-hybridized carbons (Fsp3) is 0.154. The van der Waals surface area contributed by atoms with E-state index in [1.54, 1.807) is 37.3 Å². The van der Waals surface area contributed by atoms with Gasteiger partial charge < -0.3 is 18.9 Å². The number of fused-ring (bicyclic) bond motifs is 1. The first-order valence-corrected chi connectivity index (χ1v) is 12.4. The van der Waals surface area contributed by atoms with Crippen LogP contribution in [0.3, 0.4) is 0 Å². The Bertz CT molecular complexity index is 1570. The van der Waals surface area contributed by atoms with Crippen molar-refractivity contribution in [3.63, 3.8) is 0 Å². The predicted molar refractivity (Wildman–Crippen MR) is 147 cm³/mol. The minimum absolute atomic E-state index is 0.179. The highest BCUT2D eigenvalue weighted by Crippen LogP contribution is 2.39. The summed E-state index contributed by atoms with van der Waals surface area (Å²) < 4.78 is 24.1. The Morgan fingerprint density at radius 2 is 1.65 bits per heavy atom. The smallest absolute Gasteiger partial charge is 0.343 e. The topological polar surface area (TPSA) is 101 Å². The van der Waals surface area contributed by atoms with Crippen molar-refractivity contribution in [2.45, 2.75) is 6.92 Å². The molecule has 1 heterocycles. The van der Waals surface area contributed by atoms with Gasteiger partial charge in [0.1, 0.15) is 5.82 Å². The molecular weight excluding hydrogens is 610 g/mol. The SMILES string of the molecule is COc1cc(C(=O)Oc2c(Br)cc(Br)cc2C=Nn2c(C)nc3ccccc3c2=O)cc(OC)c1OC. The number of aryl methyl sites for hydroxylation is 1. The van der Waals surface area contributed by atoms with Crippen molar-refractivity contribution in [3.8, 4) is 23.0 Å². The van der Waals surface area contributed by atoms with Crippen molar-refractivity contribution in [3.05, 3.63) is 84.8 Å². The Morgan fingerprint density at radius 1 is 0.973 bits per heavy atom. The van der Waals surface area contributed by atoms with Crippen molar-refractivity contribution in [1.29, 1.82) is 0 Å². The average molecular weight is 631 g/mol. The highest BCUT2D eigenvalue weighted by atomic mass is 79.9. The zero-order chi connectivity index (χ0) is 26.7. The highest BCUT2D eigenvalue weighted by molar-refractivity contribution is 9.11. The fourth-order valence-electron chi connectivity index (χ4n) is 3.63. The van der Waals surface area contributed by atoms with Crippen LogP contribution in [-0.2, 0) is 0 Å². The molecular formula is C26H21Br2N3O6. The molecule has 4 aromatic rings. The third kappa shape index (κ3) is 5.37. The second-order valence-electron chi connectivity index (χ2n) is 7.65. The molecule has 0 aliphatic rings. The summed E-state index contributed by atoms with van der Waals surface area (Å²) in [4.78, 5) is 30.6. The van der Waals surface area contributed by atoms with Crippen LogP contribution < -0.4 is 24.5 Å². The molecule has 0 unspecified atom stereocenters. The maximum atomic E-state index is 13.2. The number of halogens is 2. The molecule has 0 bridgehead atoms. The van der Waals surface area contributed by atoms with Gasteiger partial charge in [0, 0.05) is 10.0 Å². The van der Waals surface area contributed by atoms with Crippen molar-refractivity contribution in [2.75, 3.05) is 21.3 Å². The molecule has 0 aliphatic carbocycles. The third-order valence-electron chi connectivity index (χ3n) is 5.36. The molecule has 0 amide bonds. The lowest BCUT2D eigenvalue weighted by atomic mass is 10.1. The summed E-state index contributed by atoms with van der Waals surface area (Å²) in [5, 5.41) is 4.79. The average Bonchev–Trinajstić information content (AvgIpc) is 2.89. The summed E-state index contributed by atoms with van der Waals surface area (Å²) in [6, 6.07) is 13.5. The van der Waals surface area contributed by atoms with Gasteiger partial charge in [0.2, 0.25) is 5.75 Å². The van der Waals surface area contributed by atoms with Gasteiger partial charge in [0.25, 0.3) is 5.56 Å². The molecule has 0 saturated carbocycles. The highest BCUT2D eigenvalue weighted by Gasteiger charge is 2.21. The molecule has 9 nitrogen and oxygen atoms in total. The summed E-state index contributed by atoms with van der Waals surface area (Å²) in [6.45, 7) is 1.69. The quantitative estimate of drug-likeness (QED) is 0.154. The number of methoxy groups -OCH3 is 3. The first-order chi connectivity index (χ1) is 17.8. The van der Waals surface area contributed by atoms with E-state index in [1.165, 1.54) is 44.4 Å². The molecule has 0 fully saturated rings. The maximum absolute atomic E-state index is 13.2. The number of ether oxygens (including phenoxy) is 4. The first kappa shape index (κ1) is 26.4. The predicted octanol–water partition coefficient (Wildman–Crippen LogP) is 5.36. The molecule has 0 saturated heterocycles. The number of hydrogen-bond acceptors (Lipinski definition) is 8. The van der Waals surface area contributed by atoms with E-state index < -0.39 is 5.97 Å². The van der Waals surface area contributed by atoms with Gasteiger partial charge in [-0.25, -0.2) is 9.78 Å². The van der Waals surface area contributed by atoms with Crippen molar-refractivity contribution in [2.24, 2.45) is 5.10 Å². The van der Waals surface area contributed by atoms with Crippen molar-refractivity contribution in [1.82, 2.24) is 9.66 Å². The standard InChI is InChI=1S/C26H21Br2N3O6/c1-14-30-20-8-6-5-7-18(20)25(32)31(14)29-13-16-9-17(27)12-19(28)23(16)37-26(33)15-10-21(34-2)24(36-4)22(11-15)35-3/h5-13H,1-4H3. The van der Waals surface area contributed by atoms with Crippen LogP contribution in [0.2, 0.25) is 0 Å². The Morgan fingerprint density at radius 3 is 2.30 bits per heavy atom. The number of nitrogens with zero attached hydrogens (tertiary/aromatic N) is 3. The fourth-order valence-corrected chi connectivity index (χ4v) is 4.96. The lowest BCUT2D eigenvalue weighted by Crippen LogP contribution is -2.20. The lowest BCUT2D eigenvalue weighted by Gasteiger charge is -2.15. The zero-order valence-corrected chi connectivity index (χ0v) is 23.4. The number of carbonyl (C=O) groups excluding carboxylic acids is 1. The van der Waals surface area contributed by atoms with Gasteiger partial charge in [-0.1, -0.05) is 28.1 Å². The van der Waals surface area contributed by atoms with Gasteiger partial charge in [-0.15, -0.1) is 0 Å². The van der Waals surface area contributed by atoms with Gasteiger partial charge in [-0.05, 0) is 59.3 Å². The van der Waals surface area contributed by atoms with Crippen LogP contribution in [0, 0.1) is 6.92 Å². The van der Waals surface area contributed by atoms with Crippen LogP contribution in [0.15, 0.2) is 67.4 Å². The Labute approximate surface area is 228 Å². The number of esters is 1. The lowest BCUT2D eigenvalue weighted by molar-refractivity contribution is 0.0732. The molecule has 11 heteroatoms. The van der Waals surface area contributed by atoms with Crippen LogP contribution in [0.25, 0.3) is 10.9 Å². The van der Waals surface area contributed by atoms with Crippen LogP contribution >= 0.6 is 31.9 Å². The summed E-state index contributed by atoms with van der Waals surface area (Å²) in [5.41, 5.74) is 0.880. The van der Waals surface area contributed by atoms with Crippen LogP contribution in [0.5, 0.6) is 23.0 Å². The molecule has 4 rings (SSSR count). The van der Waals surface area contributed by atoms with E-state index in [0.29, 0.717) is 48.5 Å². The molecule has 190 valence electrons. The van der Waals surface area contributed by atoms with E-state index in [-0.39, 0.29) is 16.9 Å². The maximum Gasteiger partial charge on any atom is 0.343 e. The van der Waals surface area contributed by atoms with E-state index in [0.717, 1.165) is 0 Å². The summed E-state index contributed by atoms with van der Waals surface area (Å²) in [7, 11) is 4.39. The number of carbonyl (C=O) groups is 1. The normalized spacial score (nSPS) is 11.1.